The van der Waals surface area contributed by atoms with Crippen LogP contribution in [0, 0.1) is 5.92 Å². The molecule has 0 aliphatic heterocycles. The van der Waals surface area contributed by atoms with Gasteiger partial charge in [0.2, 0.25) is 0 Å². The molecular formula is C7H8Cl3NO3. The van der Waals surface area contributed by atoms with Crippen molar-refractivity contribution in [1.82, 2.24) is 5.32 Å². The molecule has 0 aromatic carbocycles. The molecule has 0 spiro atoms. The van der Waals surface area contributed by atoms with Gasteiger partial charge in [0, 0.05) is 0 Å². The van der Waals surface area contributed by atoms with E-state index in [0.717, 1.165) is 12.8 Å². The molecule has 1 aliphatic rings. The third kappa shape index (κ3) is 3.19. The summed E-state index contributed by atoms with van der Waals surface area (Å²) in [5.41, 5.74) is 0. The van der Waals surface area contributed by atoms with Crippen molar-refractivity contribution in [3.8, 4) is 0 Å². The number of hydrogen-bond acceptors (Lipinski definition) is 2. The Balaban J connectivity index is 2.56. The van der Waals surface area contributed by atoms with Crippen LogP contribution in [0.4, 0.5) is 0 Å². The third-order valence-electron chi connectivity index (χ3n) is 1.90. The van der Waals surface area contributed by atoms with Crippen molar-refractivity contribution in [2.45, 2.75) is 22.7 Å². The minimum atomic E-state index is -2.11. The van der Waals surface area contributed by atoms with Gasteiger partial charge in [0.1, 0.15) is 6.04 Å². The zero-order valence-corrected chi connectivity index (χ0v) is 9.23. The number of hydrogen-bond donors (Lipinski definition) is 2. The van der Waals surface area contributed by atoms with Crippen LogP contribution in [0.2, 0.25) is 0 Å². The van der Waals surface area contributed by atoms with Crippen LogP contribution in [0.3, 0.4) is 0 Å². The molecule has 0 bridgehead atoms. The molecule has 80 valence electrons. The average Bonchev–Trinajstić information content (AvgIpc) is 2.79. The second kappa shape index (κ2) is 4.13. The van der Waals surface area contributed by atoms with Crippen molar-refractivity contribution in [3.63, 3.8) is 0 Å². The van der Waals surface area contributed by atoms with E-state index in [9.17, 15) is 9.59 Å². The number of amides is 1. The molecule has 0 unspecified atom stereocenters. The van der Waals surface area contributed by atoms with Gasteiger partial charge in [-0.2, -0.15) is 0 Å². The van der Waals surface area contributed by atoms with E-state index in [4.69, 9.17) is 39.9 Å². The topological polar surface area (TPSA) is 66.4 Å². The Hall–Kier alpha value is -0.190. The van der Waals surface area contributed by atoms with Crippen molar-refractivity contribution < 1.29 is 14.7 Å². The van der Waals surface area contributed by atoms with Gasteiger partial charge in [0.15, 0.2) is 0 Å². The average molecular weight is 261 g/mol. The van der Waals surface area contributed by atoms with E-state index in [1.165, 1.54) is 0 Å². The number of nitrogens with one attached hydrogen (secondary N) is 1. The maximum absolute atomic E-state index is 11.1. The highest BCUT2D eigenvalue weighted by Gasteiger charge is 2.41. The molecule has 1 aliphatic carbocycles. The summed E-state index contributed by atoms with van der Waals surface area (Å²) in [7, 11) is 0. The van der Waals surface area contributed by atoms with Crippen LogP contribution in [-0.2, 0) is 9.59 Å². The van der Waals surface area contributed by atoms with Crippen LogP contribution < -0.4 is 5.32 Å². The highest BCUT2D eigenvalue weighted by Crippen LogP contribution is 2.34. The predicted octanol–water partition coefficient (Wildman–Crippen LogP) is 1.34. The maximum atomic E-state index is 11.1. The molecule has 0 radical (unpaired) electrons. The fraction of sp³-hybridized carbons (Fsp3) is 0.714. The highest BCUT2D eigenvalue weighted by molar-refractivity contribution is 6.76. The molecule has 0 saturated heterocycles. The number of alkyl halides is 3. The lowest BCUT2D eigenvalue weighted by molar-refractivity contribution is -0.142. The molecule has 0 aromatic heterocycles. The Bertz CT molecular complexity index is 259. The van der Waals surface area contributed by atoms with E-state index in [1.54, 1.807) is 0 Å². The molecule has 0 heterocycles. The lowest BCUT2D eigenvalue weighted by Crippen LogP contribution is -2.46. The second-order valence-electron chi connectivity index (χ2n) is 3.12. The summed E-state index contributed by atoms with van der Waals surface area (Å²) in [5.74, 6) is -2.04. The smallest absolute Gasteiger partial charge is 0.326 e. The Morgan fingerprint density at radius 2 is 1.86 bits per heavy atom. The van der Waals surface area contributed by atoms with Gasteiger partial charge in [-0.15, -0.1) is 0 Å². The van der Waals surface area contributed by atoms with E-state index in [1.807, 2.05) is 0 Å². The SMILES string of the molecule is O=C(O)[C@@H](NC(=O)C(Cl)(Cl)Cl)C1CC1. The van der Waals surface area contributed by atoms with Crippen LogP contribution in [-0.4, -0.2) is 26.8 Å². The normalized spacial score (nSPS) is 18.8. The number of carboxylic acid groups (broad SMARTS) is 1. The summed E-state index contributed by atoms with van der Waals surface area (Å²) < 4.78 is -2.11. The molecule has 1 saturated carbocycles. The van der Waals surface area contributed by atoms with Crippen molar-refractivity contribution in [1.29, 1.82) is 0 Å². The van der Waals surface area contributed by atoms with Crippen molar-refractivity contribution in [2.24, 2.45) is 5.92 Å². The predicted molar refractivity (Wildman–Crippen MR) is 52.6 cm³/mol. The van der Waals surface area contributed by atoms with E-state index >= 15 is 0 Å². The fourth-order valence-corrected chi connectivity index (χ4v) is 1.20. The first kappa shape index (κ1) is 11.9. The van der Waals surface area contributed by atoms with Crippen LogP contribution in [0.25, 0.3) is 0 Å². The van der Waals surface area contributed by atoms with E-state index in [-0.39, 0.29) is 5.92 Å². The van der Waals surface area contributed by atoms with Gasteiger partial charge in [0.05, 0.1) is 0 Å². The van der Waals surface area contributed by atoms with Crippen LogP contribution in [0.5, 0.6) is 0 Å². The van der Waals surface area contributed by atoms with Crippen LogP contribution >= 0.6 is 34.8 Å². The number of halogens is 3. The first-order chi connectivity index (χ1) is 6.32. The van der Waals surface area contributed by atoms with Crippen molar-refractivity contribution in [2.75, 3.05) is 0 Å². The Labute approximate surface area is 95.5 Å². The number of carboxylic acids is 1. The minimum absolute atomic E-state index is 0.0381. The first-order valence-electron chi connectivity index (χ1n) is 3.93. The molecule has 1 atom stereocenters. The van der Waals surface area contributed by atoms with E-state index < -0.39 is 21.7 Å². The van der Waals surface area contributed by atoms with Gasteiger partial charge in [-0.25, -0.2) is 4.79 Å². The number of rotatable bonds is 3. The number of carbonyl (C=O) groups excluding carboxylic acids is 1. The summed E-state index contributed by atoms with van der Waals surface area (Å²) in [6, 6.07) is -0.946. The Morgan fingerprint density at radius 1 is 1.36 bits per heavy atom. The molecule has 7 heteroatoms. The van der Waals surface area contributed by atoms with Gasteiger partial charge < -0.3 is 10.4 Å². The molecule has 1 rings (SSSR count). The van der Waals surface area contributed by atoms with Gasteiger partial charge in [-0.05, 0) is 18.8 Å². The number of carbonyl (C=O) groups is 2. The molecular weight excluding hydrogens is 252 g/mol. The van der Waals surface area contributed by atoms with Crippen LogP contribution in [0.15, 0.2) is 0 Å². The molecule has 1 fully saturated rings. The van der Waals surface area contributed by atoms with Gasteiger partial charge in [-0.3, -0.25) is 4.79 Å². The molecule has 1 amide bonds. The molecule has 2 N–H and O–H groups in total. The minimum Gasteiger partial charge on any atom is -0.480 e. The van der Waals surface area contributed by atoms with Gasteiger partial charge >= 0.3 is 5.97 Å². The van der Waals surface area contributed by atoms with E-state index in [2.05, 4.69) is 5.32 Å². The van der Waals surface area contributed by atoms with Crippen LogP contribution in [0.1, 0.15) is 12.8 Å². The summed E-state index contributed by atoms with van der Waals surface area (Å²) in [6.07, 6.45) is 1.55. The second-order valence-corrected chi connectivity index (χ2v) is 5.41. The lowest BCUT2D eigenvalue weighted by atomic mass is 10.2. The highest BCUT2D eigenvalue weighted by atomic mass is 35.6. The van der Waals surface area contributed by atoms with Gasteiger partial charge in [-0.1, -0.05) is 34.8 Å². The van der Waals surface area contributed by atoms with E-state index in [0.29, 0.717) is 0 Å². The molecule has 0 aromatic rings. The third-order valence-corrected chi connectivity index (χ3v) is 2.42. The Morgan fingerprint density at radius 3 is 2.14 bits per heavy atom. The maximum Gasteiger partial charge on any atom is 0.326 e. The van der Waals surface area contributed by atoms with Crippen molar-refractivity contribution >= 4 is 46.7 Å². The summed E-state index contributed by atoms with van der Waals surface area (Å²) in [5, 5.41) is 10.9. The Kier molecular flexibility index (Phi) is 3.50. The molecule has 14 heavy (non-hydrogen) atoms. The summed E-state index contributed by atoms with van der Waals surface area (Å²) >= 11 is 15.9. The van der Waals surface area contributed by atoms with Crippen molar-refractivity contribution in [3.05, 3.63) is 0 Å². The largest absolute Gasteiger partial charge is 0.480 e. The fourth-order valence-electron chi connectivity index (χ4n) is 1.03. The summed E-state index contributed by atoms with van der Waals surface area (Å²) in [6.45, 7) is 0. The lowest BCUT2D eigenvalue weighted by Gasteiger charge is -2.16. The molecule has 4 nitrogen and oxygen atoms in total. The van der Waals surface area contributed by atoms with Gasteiger partial charge in [0.25, 0.3) is 9.70 Å². The number of aliphatic carboxylic acids is 1. The zero-order valence-electron chi connectivity index (χ0n) is 6.97. The monoisotopic (exact) mass is 259 g/mol. The zero-order chi connectivity index (χ0) is 10.9. The quantitative estimate of drug-likeness (QED) is 0.753. The standard InChI is InChI=1S/C7H8Cl3NO3/c8-7(9,10)6(14)11-4(5(12)13)3-1-2-3/h3-4H,1-2H2,(H,11,14)(H,12,13)/t4-/m0/s1. The summed E-state index contributed by atoms with van der Waals surface area (Å²) in [4.78, 5) is 21.8. The first-order valence-corrected chi connectivity index (χ1v) is 5.06.